The molecule has 30 heavy (non-hydrogen) atoms. The number of rotatable bonds is 5. The van der Waals surface area contributed by atoms with Crippen LogP contribution in [0.1, 0.15) is 71.3 Å². The Morgan fingerprint density at radius 1 is 1.17 bits per heavy atom. The van der Waals surface area contributed by atoms with Crippen molar-refractivity contribution < 1.29 is 23.6 Å². The number of Topliss-reactive ketones (excluding diaryl/α,β-unsaturated/α-hetero) is 1. The van der Waals surface area contributed by atoms with Crippen LogP contribution in [-0.2, 0) is 14.0 Å². The summed E-state index contributed by atoms with van der Waals surface area (Å²) >= 11 is 0. The van der Waals surface area contributed by atoms with Gasteiger partial charge in [-0.15, -0.1) is 0 Å². The molecule has 8 heteroatoms. The van der Waals surface area contributed by atoms with Gasteiger partial charge in [-0.25, -0.2) is 4.79 Å². The Balaban J connectivity index is 2.34. The summed E-state index contributed by atoms with van der Waals surface area (Å²) in [4.78, 5) is 24.0. The molecule has 1 aliphatic heterocycles. The van der Waals surface area contributed by atoms with Gasteiger partial charge < -0.3 is 25.1 Å². The third-order valence-electron chi connectivity index (χ3n) is 5.20. The summed E-state index contributed by atoms with van der Waals surface area (Å²) in [5, 5.41) is 2.76. The van der Waals surface area contributed by atoms with Gasteiger partial charge in [-0.1, -0.05) is 12.1 Å². The Morgan fingerprint density at radius 2 is 1.73 bits per heavy atom. The maximum absolute atomic E-state index is 12.2. The van der Waals surface area contributed by atoms with Crippen LogP contribution in [0.3, 0.4) is 0 Å². The van der Waals surface area contributed by atoms with E-state index in [1.54, 1.807) is 39.0 Å². The number of ether oxygens (including phenoxy) is 1. The van der Waals surface area contributed by atoms with Crippen molar-refractivity contribution >= 4 is 30.8 Å². The van der Waals surface area contributed by atoms with Gasteiger partial charge >= 0.3 is 13.2 Å². The summed E-state index contributed by atoms with van der Waals surface area (Å²) in [6.45, 7) is 14.9. The van der Waals surface area contributed by atoms with Crippen molar-refractivity contribution in [1.82, 2.24) is 5.32 Å². The third kappa shape index (κ3) is 5.86. The van der Waals surface area contributed by atoms with E-state index in [2.05, 4.69) is 5.32 Å². The smallest absolute Gasteiger partial charge is 0.444 e. The quantitative estimate of drug-likeness (QED) is 0.427. The highest BCUT2D eigenvalue weighted by Gasteiger charge is 2.52. The van der Waals surface area contributed by atoms with Crippen molar-refractivity contribution in [2.45, 2.75) is 72.2 Å². The first kappa shape index (κ1) is 24.0. The average molecular weight is 416 g/mol. The maximum atomic E-state index is 12.2. The molecule has 7 nitrogen and oxygen atoms in total. The van der Waals surface area contributed by atoms with E-state index >= 15 is 0 Å². The van der Waals surface area contributed by atoms with Crippen LogP contribution in [0.2, 0.25) is 0 Å². The Kier molecular flexibility index (Phi) is 6.74. The minimum absolute atomic E-state index is 0.119. The SMILES string of the molecule is CC(=O)c1cc(C=C(CNC(=O)OC(C)(C)C)B2OC(C)(C)C(C)(C)O2)ccc1N. The molecule has 0 atom stereocenters. The molecule has 1 fully saturated rings. The third-order valence-corrected chi connectivity index (χ3v) is 5.20. The molecule has 1 aliphatic rings. The van der Waals surface area contributed by atoms with Crippen LogP contribution in [-0.4, -0.2) is 42.3 Å². The maximum Gasteiger partial charge on any atom is 0.492 e. The molecule has 0 saturated carbocycles. The standard InChI is InChI=1S/C22H33BN2O5/c1-14(26)17-12-15(9-10-18(17)24)11-16(13-25-19(27)28-20(2,3)4)23-29-21(5,6)22(7,8)30-23/h9-12H,13,24H2,1-8H3,(H,25,27). The molecule has 1 aromatic rings. The van der Waals surface area contributed by atoms with Crippen molar-refractivity contribution in [3.05, 3.63) is 34.8 Å². The van der Waals surface area contributed by atoms with Crippen molar-refractivity contribution in [1.29, 1.82) is 0 Å². The lowest BCUT2D eigenvalue weighted by molar-refractivity contribution is 0.00578. The summed E-state index contributed by atoms with van der Waals surface area (Å²) in [6, 6.07) is 5.21. The number of anilines is 1. The lowest BCUT2D eigenvalue weighted by Crippen LogP contribution is -2.41. The normalized spacial score (nSPS) is 18.3. The van der Waals surface area contributed by atoms with Crippen molar-refractivity contribution in [3.63, 3.8) is 0 Å². The van der Waals surface area contributed by atoms with E-state index in [0.29, 0.717) is 16.7 Å². The van der Waals surface area contributed by atoms with Gasteiger partial charge in [0, 0.05) is 17.8 Å². The van der Waals surface area contributed by atoms with E-state index in [-0.39, 0.29) is 12.3 Å². The predicted octanol–water partition coefficient (Wildman–Crippen LogP) is 4.01. The lowest BCUT2D eigenvalue weighted by Gasteiger charge is -2.32. The summed E-state index contributed by atoms with van der Waals surface area (Å²) in [5.41, 5.74) is 6.54. The average Bonchev–Trinajstić information content (AvgIpc) is 2.78. The number of nitrogens with one attached hydrogen (secondary N) is 1. The molecular formula is C22H33BN2O5. The number of carbonyl (C=O) groups excluding carboxylic acids is 2. The Hall–Kier alpha value is -2.32. The summed E-state index contributed by atoms with van der Waals surface area (Å²) in [6.07, 6.45) is 1.30. The van der Waals surface area contributed by atoms with E-state index < -0.39 is 30.0 Å². The minimum atomic E-state index is -0.664. The first-order chi connectivity index (χ1) is 13.6. The molecule has 1 saturated heterocycles. The number of nitrogen functional groups attached to an aromatic ring is 1. The zero-order chi connectivity index (χ0) is 22.9. The molecule has 2 rings (SSSR count). The van der Waals surface area contributed by atoms with Crippen LogP contribution >= 0.6 is 0 Å². The van der Waals surface area contributed by atoms with Crippen LogP contribution in [0.25, 0.3) is 6.08 Å². The number of carbonyl (C=O) groups is 2. The van der Waals surface area contributed by atoms with Gasteiger partial charge in [0.25, 0.3) is 0 Å². The molecule has 0 aromatic heterocycles. The fourth-order valence-electron chi connectivity index (χ4n) is 2.87. The fourth-order valence-corrected chi connectivity index (χ4v) is 2.87. The largest absolute Gasteiger partial charge is 0.492 e. The fraction of sp³-hybridized carbons (Fsp3) is 0.545. The van der Waals surface area contributed by atoms with E-state index in [1.165, 1.54) is 6.92 Å². The number of amides is 1. The van der Waals surface area contributed by atoms with Gasteiger partial charge in [0.2, 0.25) is 0 Å². The molecule has 1 heterocycles. The Morgan fingerprint density at radius 3 is 2.23 bits per heavy atom. The highest BCUT2D eigenvalue weighted by molar-refractivity contribution is 6.56. The summed E-state index contributed by atoms with van der Waals surface area (Å²) in [7, 11) is -0.664. The Bertz CT molecular complexity index is 840. The molecule has 3 N–H and O–H groups in total. The number of hydrogen-bond donors (Lipinski definition) is 2. The number of nitrogens with two attached hydrogens (primary N) is 1. The number of hydrogen-bond acceptors (Lipinski definition) is 6. The highest BCUT2D eigenvalue weighted by atomic mass is 16.7. The molecule has 0 bridgehead atoms. The second-order valence-electron chi connectivity index (χ2n) is 9.57. The zero-order valence-electron chi connectivity index (χ0n) is 19.2. The summed E-state index contributed by atoms with van der Waals surface area (Å²) < 4.78 is 17.6. The van der Waals surface area contributed by atoms with E-state index in [4.69, 9.17) is 19.8 Å². The number of benzene rings is 1. The van der Waals surface area contributed by atoms with Crippen molar-refractivity contribution in [2.24, 2.45) is 0 Å². The van der Waals surface area contributed by atoms with Gasteiger partial charge in [-0.3, -0.25) is 4.79 Å². The second-order valence-corrected chi connectivity index (χ2v) is 9.57. The lowest BCUT2D eigenvalue weighted by atomic mass is 9.77. The van der Waals surface area contributed by atoms with Crippen LogP contribution in [0, 0.1) is 0 Å². The number of alkyl carbamates (subject to hydrolysis) is 1. The van der Waals surface area contributed by atoms with Gasteiger partial charge in [0.15, 0.2) is 5.78 Å². The summed E-state index contributed by atoms with van der Waals surface area (Å²) in [5.74, 6) is -0.119. The predicted molar refractivity (Wildman–Crippen MR) is 119 cm³/mol. The second kappa shape index (κ2) is 8.43. The number of ketones is 1. The molecule has 0 radical (unpaired) electrons. The van der Waals surface area contributed by atoms with Crippen LogP contribution in [0.5, 0.6) is 0 Å². The van der Waals surface area contributed by atoms with Crippen LogP contribution in [0.15, 0.2) is 23.7 Å². The van der Waals surface area contributed by atoms with Crippen molar-refractivity contribution in [3.8, 4) is 0 Å². The van der Waals surface area contributed by atoms with Crippen LogP contribution in [0.4, 0.5) is 10.5 Å². The molecule has 1 aromatic carbocycles. The van der Waals surface area contributed by atoms with E-state index in [9.17, 15) is 9.59 Å². The molecule has 0 unspecified atom stereocenters. The van der Waals surface area contributed by atoms with Crippen molar-refractivity contribution in [2.75, 3.05) is 12.3 Å². The zero-order valence-corrected chi connectivity index (χ0v) is 19.2. The van der Waals surface area contributed by atoms with Crippen LogP contribution < -0.4 is 11.1 Å². The van der Waals surface area contributed by atoms with Gasteiger partial charge in [-0.2, -0.15) is 0 Å². The van der Waals surface area contributed by atoms with E-state index in [1.807, 2.05) is 33.8 Å². The molecule has 0 aliphatic carbocycles. The first-order valence-corrected chi connectivity index (χ1v) is 10.0. The highest BCUT2D eigenvalue weighted by Crippen LogP contribution is 2.38. The molecule has 0 spiro atoms. The first-order valence-electron chi connectivity index (χ1n) is 10.0. The Labute approximate surface area is 179 Å². The van der Waals surface area contributed by atoms with Gasteiger partial charge in [-0.05, 0) is 78.6 Å². The topological polar surface area (TPSA) is 99.9 Å². The minimum Gasteiger partial charge on any atom is -0.444 e. The van der Waals surface area contributed by atoms with Gasteiger partial charge in [0.05, 0.1) is 11.2 Å². The molecular weight excluding hydrogens is 383 g/mol. The molecule has 164 valence electrons. The van der Waals surface area contributed by atoms with Gasteiger partial charge in [0.1, 0.15) is 5.60 Å². The van der Waals surface area contributed by atoms with E-state index in [0.717, 1.165) is 5.56 Å². The monoisotopic (exact) mass is 416 g/mol. The molecule has 1 amide bonds.